The first-order valence-corrected chi connectivity index (χ1v) is 10.4. The van der Waals surface area contributed by atoms with Crippen LogP contribution in [-0.2, 0) is 16.0 Å². The van der Waals surface area contributed by atoms with Crippen LogP contribution in [-0.4, -0.2) is 58.3 Å². The number of carbonyl (C=O) groups is 2. The normalized spacial score (nSPS) is 19.8. The fraction of sp³-hybridized carbons (Fsp3) is 0.348. The number of carboxylic acid groups (broad SMARTS) is 1. The first-order valence-electron chi connectivity index (χ1n) is 10.0. The highest BCUT2D eigenvalue weighted by Crippen LogP contribution is 2.39. The number of halogens is 1. The average molecular weight is 443 g/mol. The fourth-order valence-corrected chi connectivity index (χ4v) is 4.15. The second kappa shape index (κ2) is 8.32. The molecule has 1 N–H and O–H groups in total. The third-order valence-corrected chi connectivity index (χ3v) is 5.74. The van der Waals surface area contributed by atoms with E-state index in [0.717, 1.165) is 17.2 Å². The zero-order valence-electron chi connectivity index (χ0n) is 17.3. The number of hydrogen-bond acceptors (Lipinski definition) is 5. The molecule has 3 heterocycles. The molecule has 2 aliphatic rings. The maximum absolute atomic E-state index is 13.0. The van der Waals surface area contributed by atoms with Gasteiger partial charge in [-0.25, -0.2) is 4.79 Å². The molecule has 1 atom stereocenters. The van der Waals surface area contributed by atoms with Crippen molar-refractivity contribution in [3.8, 4) is 17.0 Å². The summed E-state index contributed by atoms with van der Waals surface area (Å²) >= 11 is 6.40. The molecular weight excluding hydrogens is 420 g/mol. The Morgan fingerprint density at radius 1 is 1.32 bits per heavy atom. The molecule has 2 aromatic rings. The van der Waals surface area contributed by atoms with Gasteiger partial charge >= 0.3 is 5.97 Å². The Morgan fingerprint density at radius 3 is 2.81 bits per heavy atom. The number of morpholine rings is 1. The summed E-state index contributed by atoms with van der Waals surface area (Å²) in [6.07, 6.45) is 4.31. The molecule has 162 valence electrons. The van der Waals surface area contributed by atoms with Crippen LogP contribution in [0.3, 0.4) is 0 Å². The predicted octanol–water partition coefficient (Wildman–Crippen LogP) is 3.60. The van der Waals surface area contributed by atoms with E-state index in [0.29, 0.717) is 48.2 Å². The van der Waals surface area contributed by atoms with Crippen LogP contribution < -0.4 is 4.74 Å². The van der Waals surface area contributed by atoms with Gasteiger partial charge in [0.15, 0.2) is 0 Å². The van der Waals surface area contributed by atoms with E-state index in [2.05, 4.69) is 4.98 Å². The number of rotatable bonds is 4. The zero-order valence-corrected chi connectivity index (χ0v) is 18.1. The third kappa shape index (κ3) is 4.43. The third-order valence-electron chi connectivity index (χ3n) is 5.46. The van der Waals surface area contributed by atoms with Crippen LogP contribution in [0.4, 0.5) is 0 Å². The van der Waals surface area contributed by atoms with Crippen molar-refractivity contribution < 1.29 is 24.2 Å². The molecule has 0 radical (unpaired) electrons. The van der Waals surface area contributed by atoms with Gasteiger partial charge in [-0.05, 0) is 44.2 Å². The van der Waals surface area contributed by atoms with Crippen molar-refractivity contribution in [2.75, 3.05) is 19.8 Å². The number of carboxylic acids is 1. The number of aromatic nitrogens is 1. The van der Waals surface area contributed by atoms with Crippen molar-refractivity contribution in [3.63, 3.8) is 0 Å². The van der Waals surface area contributed by atoms with Crippen molar-refractivity contribution in [1.29, 1.82) is 0 Å². The molecule has 31 heavy (non-hydrogen) atoms. The molecule has 1 aromatic heterocycles. The molecule has 1 unspecified atom stereocenters. The predicted molar refractivity (Wildman–Crippen MR) is 116 cm³/mol. The number of benzene rings is 1. The summed E-state index contributed by atoms with van der Waals surface area (Å²) in [5.74, 6) is -0.529. The summed E-state index contributed by atoms with van der Waals surface area (Å²) in [5.41, 5.74) is 2.54. The molecule has 1 amide bonds. The van der Waals surface area contributed by atoms with Crippen LogP contribution in [0.25, 0.3) is 11.3 Å². The van der Waals surface area contributed by atoms with Gasteiger partial charge in [0.25, 0.3) is 5.91 Å². The van der Waals surface area contributed by atoms with Gasteiger partial charge in [-0.1, -0.05) is 11.6 Å². The molecule has 1 aromatic carbocycles. The van der Waals surface area contributed by atoms with Gasteiger partial charge in [0.1, 0.15) is 11.9 Å². The second-order valence-electron chi connectivity index (χ2n) is 8.26. The summed E-state index contributed by atoms with van der Waals surface area (Å²) in [6.45, 7) is 5.55. The van der Waals surface area contributed by atoms with Gasteiger partial charge in [-0.3, -0.25) is 9.78 Å². The number of pyridine rings is 1. The molecule has 2 aliphatic heterocycles. The first-order chi connectivity index (χ1) is 14.7. The van der Waals surface area contributed by atoms with E-state index in [4.69, 9.17) is 26.2 Å². The minimum absolute atomic E-state index is 0.0687. The molecule has 7 nitrogen and oxygen atoms in total. The van der Waals surface area contributed by atoms with Gasteiger partial charge in [0, 0.05) is 36.4 Å². The lowest BCUT2D eigenvalue weighted by Gasteiger charge is -2.42. The van der Waals surface area contributed by atoms with Crippen LogP contribution in [0, 0.1) is 0 Å². The number of amides is 1. The lowest BCUT2D eigenvalue weighted by Crippen LogP contribution is -2.55. The fourth-order valence-electron chi connectivity index (χ4n) is 3.87. The lowest BCUT2D eigenvalue weighted by molar-refractivity contribution is -0.131. The van der Waals surface area contributed by atoms with Crippen molar-refractivity contribution in [2.45, 2.75) is 31.9 Å². The number of aliphatic carboxylic acids is 1. The quantitative estimate of drug-likeness (QED) is 0.728. The number of carbonyl (C=O) groups excluding carboxylic acids is 1. The standard InChI is InChI=1S/C23H23ClN2O5/c1-23(2)13-30-8-7-26(23)22(29)14-3-5-19(25-12-14)15-9-16-10-17(4-6-20(27)28)31-21(16)18(24)11-15/h3-6,9,11-12,17H,7-8,10,13H2,1-2H3,(H,27,28). The van der Waals surface area contributed by atoms with Crippen molar-refractivity contribution in [3.05, 3.63) is 58.8 Å². The average Bonchev–Trinajstić information content (AvgIpc) is 3.15. The Balaban J connectivity index is 1.54. The van der Waals surface area contributed by atoms with Crippen LogP contribution in [0.5, 0.6) is 5.75 Å². The summed E-state index contributed by atoms with van der Waals surface area (Å²) in [5, 5.41) is 9.24. The van der Waals surface area contributed by atoms with E-state index in [1.807, 2.05) is 24.8 Å². The van der Waals surface area contributed by atoms with Gasteiger partial charge in [-0.15, -0.1) is 0 Å². The molecule has 0 saturated carbocycles. The smallest absolute Gasteiger partial charge is 0.328 e. The Morgan fingerprint density at radius 2 is 2.13 bits per heavy atom. The van der Waals surface area contributed by atoms with E-state index < -0.39 is 5.97 Å². The number of hydrogen-bond donors (Lipinski definition) is 1. The van der Waals surface area contributed by atoms with E-state index in [9.17, 15) is 9.59 Å². The SMILES string of the molecule is CC1(C)COCCN1C(=O)c1ccc(-c2cc(Cl)c3c(c2)CC(C=CC(=O)O)O3)nc1. The molecule has 8 heteroatoms. The van der Waals surface area contributed by atoms with Crippen LogP contribution in [0.1, 0.15) is 29.8 Å². The highest BCUT2D eigenvalue weighted by molar-refractivity contribution is 6.32. The minimum Gasteiger partial charge on any atom is -0.484 e. The molecule has 0 aliphatic carbocycles. The minimum atomic E-state index is -1.02. The van der Waals surface area contributed by atoms with Gasteiger partial charge < -0.3 is 19.5 Å². The van der Waals surface area contributed by atoms with E-state index in [1.165, 1.54) is 6.08 Å². The Kier molecular flexibility index (Phi) is 5.73. The highest BCUT2D eigenvalue weighted by atomic mass is 35.5. The van der Waals surface area contributed by atoms with Gasteiger partial charge in [-0.2, -0.15) is 0 Å². The first kappa shape index (κ1) is 21.3. The maximum Gasteiger partial charge on any atom is 0.328 e. The molecule has 0 bridgehead atoms. The molecule has 1 saturated heterocycles. The Labute approximate surface area is 185 Å². The number of nitrogens with zero attached hydrogens (tertiary/aromatic N) is 2. The van der Waals surface area contributed by atoms with E-state index >= 15 is 0 Å². The van der Waals surface area contributed by atoms with Crippen molar-refractivity contribution in [1.82, 2.24) is 9.88 Å². The Hall–Kier alpha value is -2.90. The van der Waals surface area contributed by atoms with Crippen LogP contribution in [0.2, 0.25) is 5.02 Å². The van der Waals surface area contributed by atoms with E-state index in [1.54, 1.807) is 24.4 Å². The van der Waals surface area contributed by atoms with Crippen molar-refractivity contribution in [2.24, 2.45) is 0 Å². The second-order valence-corrected chi connectivity index (χ2v) is 8.67. The summed E-state index contributed by atoms with van der Waals surface area (Å²) in [4.78, 5) is 30.0. The number of fused-ring (bicyclic) bond motifs is 1. The van der Waals surface area contributed by atoms with Gasteiger partial charge in [0.2, 0.25) is 0 Å². The largest absolute Gasteiger partial charge is 0.484 e. The van der Waals surface area contributed by atoms with Crippen molar-refractivity contribution >= 4 is 23.5 Å². The lowest BCUT2D eigenvalue weighted by atomic mass is 10.0. The number of ether oxygens (including phenoxy) is 2. The van der Waals surface area contributed by atoms with Crippen LogP contribution in [0.15, 0.2) is 42.6 Å². The summed E-state index contributed by atoms with van der Waals surface area (Å²) < 4.78 is 11.2. The van der Waals surface area contributed by atoms with Gasteiger partial charge in [0.05, 0.1) is 35.0 Å². The summed E-state index contributed by atoms with van der Waals surface area (Å²) in [6, 6.07) is 7.27. The molecule has 1 fully saturated rings. The topological polar surface area (TPSA) is 89.0 Å². The summed E-state index contributed by atoms with van der Waals surface area (Å²) in [7, 11) is 0. The molecule has 4 rings (SSSR count). The molecule has 0 spiro atoms. The Bertz CT molecular complexity index is 1050. The van der Waals surface area contributed by atoms with E-state index in [-0.39, 0.29) is 17.6 Å². The highest BCUT2D eigenvalue weighted by Gasteiger charge is 2.34. The zero-order chi connectivity index (χ0) is 22.2. The molecular formula is C23H23ClN2O5. The maximum atomic E-state index is 13.0. The van der Waals surface area contributed by atoms with Crippen LogP contribution >= 0.6 is 11.6 Å². The monoisotopic (exact) mass is 442 g/mol.